The third-order valence-corrected chi connectivity index (χ3v) is 7.43. The number of carbonyl (C=O) groups excluding carboxylic acids is 3. The van der Waals surface area contributed by atoms with Crippen molar-refractivity contribution in [2.24, 2.45) is 0 Å². The van der Waals surface area contributed by atoms with Crippen LogP contribution in [0.1, 0.15) is 52.9 Å². The second-order valence-electron chi connectivity index (χ2n) is 9.88. The number of aldehydes is 1. The summed E-state index contributed by atoms with van der Waals surface area (Å²) in [4.78, 5) is 48.8. The van der Waals surface area contributed by atoms with Gasteiger partial charge in [0.25, 0.3) is 0 Å². The number of nitriles is 1. The van der Waals surface area contributed by atoms with E-state index in [4.69, 9.17) is 14.2 Å². The quantitative estimate of drug-likeness (QED) is 0.406. The van der Waals surface area contributed by atoms with Crippen molar-refractivity contribution in [2.75, 3.05) is 43.6 Å². The molecule has 4 heterocycles. The Hall–Kier alpha value is -4.30. The summed E-state index contributed by atoms with van der Waals surface area (Å²) in [6, 6.07) is 5.04. The van der Waals surface area contributed by atoms with Crippen molar-refractivity contribution < 1.29 is 28.6 Å². The molecular weight excluding hydrogens is 516 g/mol. The summed E-state index contributed by atoms with van der Waals surface area (Å²) in [5, 5.41) is 12.3. The Balaban J connectivity index is 1.35. The number of amides is 2. The smallest absolute Gasteiger partial charge is 0.328 e. The minimum Gasteiger partial charge on any atom is -0.486 e. The van der Waals surface area contributed by atoms with Crippen molar-refractivity contribution in [3.05, 3.63) is 46.4 Å². The second kappa shape index (κ2) is 12.3. The van der Waals surface area contributed by atoms with Crippen molar-refractivity contribution in [3.63, 3.8) is 0 Å². The Morgan fingerprint density at radius 3 is 2.90 bits per heavy atom. The van der Waals surface area contributed by atoms with Gasteiger partial charge in [0.1, 0.15) is 52.5 Å². The van der Waals surface area contributed by atoms with Crippen molar-refractivity contribution >= 4 is 29.9 Å². The number of nitrogens with one attached hydrogen (secondary N) is 1. The van der Waals surface area contributed by atoms with Gasteiger partial charge in [-0.25, -0.2) is 19.6 Å². The fourth-order valence-corrected chi connectivity index (χ4v) is 5.35. The number of anilines is 2. The van der Waals surface area contributed by atoms with Crippen LogP contribution in [0, 0.1) is 11.3 Å². The first-order chi connectivity index (χ1) is 19.5. The SMILES string of the molecule is CO[C@@H]1CCC[C@H]1Oc1cc(NC(=O)N2CCCc3cc(CN4CCOCC4=C=O)c(C=O)nc32)ncc1C#N. The van der Waals surface area contributed by atoms with Crippen LogP contribution in [0.2, 0.25) is 0 Å². The predicted molar refractivity (Wildman–Crippen MR) is 143 cm³/mol. The zero-order valence-corrected chi connectivity index (χ0v) is 22.2. The third kappa shape index (κ3) is 5.67. The topological polar surface area (TPSA) is 147 Å². The first-order valence-corrected chi connectivity index (χ1v) is 13.3. The number of urea groups is 1. The average molecular weight is 547 g/mol. The Bertz CT molecular complexity index is 1380. The van der Waals surface area contributed by atoms with Gasteiger partial charge in [-0.15, -0.1) is 0 Å². The van der Waals surface area contributed by atoms with Gasteiger partial charge in [0.2, 0.25) is 0 Å². The molecule has 0 bridgehead atoms. The minimum absolute atomic E-state index is 0.0603. The molecule has 2 fully saturated rings. The van der Waals surface area contributed by atoms with Gasteiger partial charge in [-0.1, -0.05) is 0 Å². The van der Waals surface area contributed by atoms with Crippen LogP contribution in [-0.4, -0.2) is 78.7 Å². The standard InChI is InChI=1S/C28H30N6O6/c1-38-23-5-2-6-24(23)40-25-11-26(30-13-20(25)12-29)32-28(37)34-7-3-4-18-10-19(22(16-36)31-27(18)34)14-33-8-9-39-17-21(33)15-35/h10-11,13,16,23-24H,2-9,14,17H2,1H3,(H,30,32,37)/t23-,24-/m1/s1. The van der Waals surface area contributed by atoms with E-state index in [9.17, 15) is 19.6 Å². The molecule has 0 aromatic carbocycles. The van der Waals surface area contributed by atoms with Gasteiger partial charge in [-0.3, -0.25) is 15.0 Å². The number of aryl methyl sites for hydroxylation is 1. The van der Waals surface area contributed by atoms with E-state index in [-0.39, 0.29) is 35.9 Å². The van der Waals surface area contributed by atoms with Gasteiger partial charge in [-0.05, 0) is 43.7 Å². The minimum atomic E-state index is -0.462. The van der Waals surface area contributed by atoms with Crippen molar-refractivity contribution in [3.8, 4) is 11.8 Å². The molecule has 1 saturated heterocycles. The summed E-state index contributed by atoms with van der Waals surface area (Å²) in [6.45, 7) is 1.87. The largest absolute Gasteiger partial charge is 0.486 e. The van der Waals surface area contributed by atoms with Crippen LogP contribution in [0.4, 0.5) is 16.4 Å². The number of hydrogen-bond acceptors (Lipinski definition) is 10. The zero-order chi connectivity index (χ0) is 28.1. The van der Waals surface area contributed by atoms with E-state index < -0.39 is 6.03 Å². The van der Waals surface area contributed by atoms with Crippen LogP contribution in [-0.2, 0) is 27.2 Å². The Morgan fingerprint density at radius 1 is 1.27 bits per heavy atom. The Labute approximate surface area is 231 Å². The molecular formula is C28H30N6O6. The van der Waals surface area contributed by atoms with Crippen molar-refractivity contribution in [1.29, 1.82) is 5.26 Å². The molecule has 12 nitrogen and oxygen atoms in total. The Kier molecular flexibility index (Phi) is 8.36. The van der Waals surface area contributed by atoms with Gasteiger partial charge < -0.3 is 19.1 Å². The molecule has 40 heavy (non-hydrogen) atoms. The van der Waals surface area contributed by atoms with E-state index in [1.54, 1.807) is 13.2 Å². The summed E-state index contributed by atoms with van der Waals surface area (Å²) in [5.41, 5.74) is 2.36. The van der Waals surface area contributed by atoms with E-state index in [0.717, 1.165) is 24.8 Å². The second-order valence-corrected chi connectivity index (χ2v) is 9.88. The highest BCUT2D eigenvalue weighted by Gasteiger charge is 2.31. The summed E-state index contributed by atoms with van der Waals surface area (Å²) in [7, 11) is 1.64. The zero-order valence-electron chi connectivity index (χ0n) is 22.2. The molecule has 1 saturated carbocycles. The summed E-state index contributed by atoms with van der Waals surface area (Å²) in [6.07, 6.45) is 5.83. The van der Waals surface area contributed by atoms with Crippen LogP contribution in [0.5, 0.6) is 5.75 Å². The first kappa shape index (κ1) is 27.3. The lowest BCUT2D eigenvalue weighted by Gasteiger charge is -2.31. The van der Waals surface area contributed by atoms with E-state index >= 15 is 0 Å². The molecule has 1 aliphatic carbocycles. The predicted octanol–water partition coefficient (Wildman–Crippen LogP) is 2.64. The van der Waals surface area contributed by atoms with Crippen LogP contribution in [0.25, 0.3) is 0 Å². The number of rotatable bonds is 7. The molecule has 0 radical (unpaired) electrons. The molecule has 208 valence electrons. The molecule has 0 spiro atoms. The number of morpholine rings is 1. The van der Waals surface area contributed by atoms with Gasteiger partial charge in [0.05, 0.1) is 25.5 Å². The molecule has 3 aliphatic rings. The number of hydrogen-bond donors (Lipinski definition) is 1. The third-order valence-electron chi connectivity index (χ3n) is 7.43. The molecule has 2 aromatic rings. The number of nitrogens with zero attached hydrogens (tertiary/aromatic N) is 5. The summed E-state index contributed by atoms with van der Waals surface area (Å²) >= 11 is 0. The van der Waals surface area contributed by atoms with Crippen LogP contribution in [0.15, 0.2) is 24.0 Å². The van der Waals surface area contributed by atoms with E-state index in [1.807, 2.05) is 16.9 Å². The van der Waals surface area contributed by atoms with Crippen LogP contribution >= 0.6 is 0 Å². The lowest BCUT2D eigenvalue weighted by atomic mass is 10.0. The summed E-state index contributed by atoms with van der Waals surface area (Å²) in [5.74, 6) is 2.88. The molecule has 2 aromatic heterocycles. The maximum Gasteiger partial charge on any atom is 0.328 e. The fraction of sp³-hybridized carbons (Fsp3) is 0.464. The van der Waals surface area contributed by atoms with Gasteiger partial charge in [-0.2, -0.15) is 5.26 Å². The van der Waals surface area contributed by atoms with Gasteiger partial charge in [0.15, 0.2) is 6.29 Å². The fourth-order valence-electron chi connectivity index (χ4n) is 5.35. The van der Waals surface area contributed by atoms with Gasteiger partial charge >= 0.3 is 6.03 Å². The maximum absolute atomic E-state index is 13.4. The maximum atomic E-state index is 13.4. The highest BCUT2D eigenvalue weighted by atomic mass is 16.5. The molecule has 0 unspecified atom stereocenters. The lowest BCUT2D eigenvalue weighted by molar-refractivity contribution is 0.0227. The molecule has 5 rings (SSSR count). The molecule has 2 aliphatic heterocycles. The number of carbonyl (C=O) groups is 2. The van der Waals surface area contributed by atoms with E-state index in [0.29, 0.717) is 68.2 Å². The van der Waals surface area contributed by atoms with Gasteiger partial charge in [0, 0.05) is 38.4 Å². The number of pyridine rings is 2. The Morgan fingerprint density at radius 2 is 2.12 bits per heavy atom. The number of fused-ring (bicyclic) bond motifs is 1. The number of ether oxygens (including phenoxy) is 3. The number of methoxy groups -OCH3 is 1. The lowest BCUT2D eigenvalue weighted by Crippen LogP contribution is -2.40. The molecule has 1 N–H and O–H groups in total. The highest BCUT2D eigenvalue weighted by Crippen LogP contribution is 2.31. The first-order valence-electron chi connectivity index (χ1n) is 13.3. The van der Waals surface area contributed by atoms with E-state index in [1.165, 1.54) is 11.1 Å². The highest BCUT2D eigenvalue weighted by molar-refractivity contribution is 6.01. The number of aromatic nitrogens is 2. The van der Waals surface area contributed by atoms with Crippen LogP contribution < -0.4 is 15.0 Å². The normalized spacial score (nSPS) is 20.4. The van der Waals surface area contributed by atoms with Crippen molar-refractivity contribution in [1.82, 2.24) is 14.9 Å². The molecule has 2 atom stereocenters. The summed E-state index contributed by atoms with van der Waals surface area (Å²) < 4.78 is 16.9. The monoisotopic (exact) mass is 546 g/mol. The molecule has 2 amide bonds. The van der Waals surface area contributed by atoms with Crippen molar-refractivity contribution in [2.45, 2.75) is 50.9 Å². The van der Waals surface area contributed by atoms with E-state index in [2.05, 4.69) is 21.4 Å². The van der Waals surface area contributed by atoms with Crippen LogP contribution in [0.3, 0.4) is 0 Å². The molecule has 12 heteroatoms. The average Bonchev–Trinajstić information content (AvgIpc) is 3.44.